The van der Waals surface area contributed by atoms with E-state index in [1.807, 2.05) is 13.8 Å². The molecule has 2 aromatic rings. The van der Waals surface area contributed by atoms with E-state index in [2.05, 4.69) is 20.3 Å². The summed E-state index contributed by atoms with van der Waals surface area (Å²) in [6.07, 6.45) is 2.16. The number of nitrogens with one attached hydrogen (secondary N) is 1. The van der Waals surface area contributed by atoms with Crippen molar-refractivity contribution >= 4 is 5.91 Å². The minimum absolute atomic E-state index is 0.0445. The van der Waals surface area contributed by atoms with Crippen molar-refractivity contribution in [3.63, 3.8) is 0 Å². The number of nitrogens with zero attached hydrogens (tertiary/aromatic N) is 4. The Morgan fingerprint density at radius 2 is 2.00 bits per heavy atom. The summed E-state index contributed by atoms with van der Waals surface area (Å²) < 4.78 is 28.8. The van der Waals surface area contributed by atoms with Crippen molar-refractivity contribution in [2.45, 2.75) is 57.7 Å². The van der Waals surface area contributed by atoms with Crippen LogP contribution in [0, 0.1) is 11.6 Å². The summed E-state index contributed by atoms with van der Waals surface area (Å²) in [6.45, 7) is 6.16. The van der Waals surface area contributed by atoms with Gasteiger partial charge in [-0.2, -0.15) is 5.10 Å². The molecule has 3 heterocycles. The molecule has 0 saturated carbocycles. The van der Waals surface area contributed by atoms with Crippen molar-refractivity contribution in [3.05, 3.63) is 47.0 Å². The quantitative estimate of drug-likeness (QED) is 0.876. The fourth-order valence-corrected chi connectivity index (χ4v) is 4.05. The molecule has 1 spiro atoms. The van der Waals surface area contributed by atoms with Crippen LogP contribution in [0.1, 0.15) is 49.8 Å². The van der Waals surface area contributed by atoms with Gasteiger partial charge in [-0.25, -0.2) is 18.4 Å². The Kier molecular flexibility index (Phi) is 4.91. The molecular formula is C20H25F2N5O. The fraction of sp³-hybridized carbons (Fsp3) is 0.550. The van der Waals surface area contributed by atoms with Gasteiger partial charge in [0.05, 0.1) is 0 Å². The Bertz CT molecular complexity index is 887. The van der Waals surface area contributed by atoms with Gasteiger partial charge < -0.3 is 5.32 Å². The molecule has 1 aromatic carbocycles. The van der Waals surface area contributed by atoms with Crippen LogP contribution in [0.25, 0.3) is 0 Å². The van der Waals surface area contributed by atoms with Gasteiger partial charge in [-0.1, -0.05) is 19.9 Å². The van der Waals surface area contributed by atoms with E-state index in [9.17, 15) is 13.6 Å². The minimum Gasteiger partial charge on any atom is -0.349 e. The number of carbonyl (C=O) groups excluding carboxylic acids is 1. The van der Waals surface area contributed by atoms with Crippen LogP contribution in [0.4, 0.5) is 8.78 Å². The van der Waals surface area contributed by atoms with Crippen LogP contribution >= 0.6 is 0 Å². The lowest BCUT2D eigenvalue weighted by molar-refractivity contribution is -0.123. The number of hydrogen-bond acceptors (Lipinski definition) is 4. The molecule has 2 aliphatic rings. The number of carbonyl (C=O) groups is 1. The molecule has 1 fully saturated rings. The van der Waals surface area contributed by atoms with Crippen molar-refractivity contribution in [1.29, 1.82) is 0 Å². The first-order valence-electron chi connectivity index (χ1n) is 9.74. The van der Waals surface area contributed by atoms with Gasteiger partial charge in [0.1, 0.15) is 24.0 Å². The highest BCUT2D eigenvalue weighted by Crippen LogP contribution is 2.29. The van der Waals surface area contributed by atoms with Crippen LogP contribution in [0.15, 0.2) is 18.2 Å². The highest BCUT2D eigenvalue weighted by molar-refractivity contribution is 5.77. The smallest absolute Gasteiger partial charge is 0.242 e. The molecule has 0 bridgehead atoms. The van der Waals surface area contributed by atoms with Gasteiger partial charge in [-0.15, -0.1) is 0 Å². The number of aromatic nitrogens is 3. The summed E-state index contributed by atoms with van der Waals surface area (Å²) in [7, 11) is 0. The normalized spacial score (nSPS) is 19.5. The lowest BCUT2D eigenvalue weighted by atomic mass is 9.84. The van der Waals surface area contributed by atoms with E-state index in [1.54, 1.807) is 4.68 Å². The van der Waals surface area contributed by atoms with Crippen molar-refractivity contribution in [2.75, 3.05) is 13.1 Å². The number of piperidine rings is 1. The summed E-state index contributed by atoms with van der Waals surface area (Å²) in [5.41, 5.74) is 0.147. The highest BCUT2D eigenvalue weighted by atomic mass is 19.1. The summed E-state index contributed by atoms with van der Waals surface area (Å²) in [5.74, 6) is 0.703. The van der Waals surface area contributed by atoms with Gasteiger partial charge in [0.15, 0.2) is 5.82 Å². The number of hydrogen-bond donors (Lipinski definition) is 1. The Morgan fingerprint density at radius 1 is 1.25 bits per heavy atom. The molecule has 28 heavy (non-hydrogen) atoms. The number of amides is 1. The first-order valence-corrected chi connectivity index (χ1v) is 9.74. The molecule has 0 atom stereocenters. The van der Waals surface area contributed by atoms with E-state index in [1.165, 1.54) is 12.1 Å². The molecule has 6 nitrogen and oxygen atoms in total. The summed E-state index contributed by atoms with van der Waals surface area (Å²) in [6, 6.07) is 3.71. The molecule has 2 aliphatic heterocycles. The predicted molar refractivity (Wildman–Crippen MR) is 99.6 cm³/mol. The molecule has 0 radical (unpaired) electrons. The maximum Gasteiger partial charge on any atom is 0.242 e. The van der Waals surface area contributed by atoms with E-state index in [-0.39, 0.29) is 23.9 Å². The molecule has 1 N–H and O–H groups in total. The van der Waals surface area contributed by atoms with Crippen LogP contribution in [0.3, 0.4) is 0 Å². The zero-order valence-corrected chi connectivity index (χ0v) is 16.2. The average molecular weight is 389 g/mol. The average Bonchev–Trinajstić information content (AvgIpc) is 2.96. The third-order valence-electron chi connectivity index (χ3n) is 5.70. The van der Waals surface area contributed by atoms with Gasteiger partial charge in [-0.05, 0) is 18.9 Å². The zero-order chi connectivity index (χ0) is 19.9. The maximum atomic E-state index is 13.9. The van der Waals surface area contributed by atoms with Crippen molar-refractivity contribution in [1.82, 2.24) is 25.0 Å². The van der Waals surface area contributed by atoms with Crippen molar-refractivity contribution in [3.8, 4) is 0 Å². The van der Waals surface area contributed by atoms with Gasteiger partial charge >= 0.3 is 0 Å². The first-order chi connectivity index (χ1) is 13.3. The summed E-state index contributed by atoms with van der Waals surface area (Å²) in [4.78, 5) is 19.3. The number of likely N-dealkylation sites (tertiary alicyclic amines) is 1. The van der Waals surface area contributed by atoms with Crippen LogP contribution in [0.5, 0.6) is 0 Å². The standard InChI is InChI=1S/C20H25F2N5O/c1-13(2)19-23-17-10-20(24-18(28)12-27(17)25-19)5-7-26(8-6-20)11-14-3-4-15(21)9-16(14)22/h3-4,9,13H,5-8,10-12H2,1-2H3,(H,24,28). The molecule has 0 aliphatic carbocycles. The van der Waals surface area contributed by atoms with E-state index >= 15 is 0 Å². The highest BCUT2D eigenvalue weighted by Gasteiger charge is 2.40. The fourth-order valence-electron chi connectivity index (χ4n) is 4.05. The van der Waals surface area contributed by atoms with Gasteiger partial charge in [0, 0.05) is 49.1 Å². The second-order valence-corrected chi connectivity index (χ2v) is 8.22. The Balaban J connectivity index is 1.47. The number of halogens is 2. The monoisotopic (exact) mass is 389 g/mol. The predicted octanol–water partition coefficient (Wildman–Crippen LogP) is 2.39. The third kappa shape index (κ3) is 3.78. The second-order valence-electron chi connectivity index (χ2n) is 8.22. The second kappa shape index (κ2) is 7.24. The topological polar surface area (TPSA) is 63.1 Å². The van der Waals surface area contributed by atoms with Gasteiger partial charge in [-0.3, -0.25) is 9.69 Å². The molecule has 1 amide bonds. The Labute approximate surface area is 162 Å². The lowest BCUT2D eigenvalue weighted by Crippen LogP contribution is -2.56. The number of benzene rings is 1. The molecular weight excluding hydrogens is 364 g/mol. The van der Waals surface area contributed by atoms with Gasteiger partial charge in [0.25, 0.3) is 0 Å². The van der Waals surface area contributed by atoms with E-state index in [0.29, 0.717) is 18.5 Å². The molecule has 1 saturated heterocycles. The zero-order valence-electron chi connectivity index (χ0n) is 16.2. The molecule has 150 valence electrons. The van der Waals surface area contributed by atoms with E-state index < -0.39 is 11.6 Å². The number of rotatable bonds is 3. The van der Waals surface area contributed by atoms with E-state index in [0.717, 1.165) is 43.6 Å². The molecule has 1 aromatic heterocycles. The summed E-state index contributed by atoms with van der Waals surface area (Å²) >= 11 is 0. The Morgan fingerprint density at radius 3 is 2.68 bits per heavy atom. The Hall–Kier alpha value is -2.35. The van der Waals surface area contributed by atoms with Crippen LogP contribution in [0.2, 0.25) is 0 Å². The first kappa shape index (κ1) is 19.0. The molecule has 8 heteroatoms. The van der Waals surface area contributed by atoms with Crippen molar-refractivity contribution in [2.24, 2.45) is 0 Å². The largest absolute Gasteiger partial charge is 0.349 e. The van der Waals surface area contributed by atoms with E-state index in [4.69, 9.17) is 0 Å². The van der Waals surface area contributed by atoms with Crippen LogP contribution in [-0.4, -0.2) is 44.2 Å². The lowest BCUT2D eigenvalue weighted by Gasteiger charge is -2.41. The van der Waals surface area contributed by atoms with Crippen LogP contribution < -0.4 is 5.32 Å². The third-order valence-corrected chi connectivity index (χ3v) is 5.70. The number of fused-ring (bicyclic) bond motifs is 1. The van der Waals surface area contributed by atoms with Gasteiger partial charge in [0.2, 0.25) is 5.91 Å². The van der Waals surface area contributed by atoms with Crippen LogP contribution in [-0.2, 0) is 24.3 Å². The maximum absolute atomic E-state index is 13.9. The molecule has 0 unspecified atom stereocenters. The van der Waals surface area contributed by atoms with Crippen molar-refractivity contribution < 1.29 is 13.6 Å². The SMILES string of the molecule is CC(C)c1nc2n(n1)CC(=O)NC1(CCN(Cc3ccc(F)cc3F)CC1)C2. The molecule has 4 rings (SSSR count). The summed E-state index contributed by atoms with van der Waals surface area (Å²) in [5, 5.41) is 7.68. The minimum atomic E-state index is -0.565.